The maximum absolute atomic E-state index is 14.2. The number of para-hydroxylation sites is 1. The number of rotatable bonds is 19. The SMILES string of the molecule is CNC(=O)[C@H](Cc1c[nH]c2ccccc12)NC(=O)[C@H](CCC(=O)O)NC(=O)[C@H](Cc1ccccc1)NC(=O)[C@H](Cc1ccc(O)cc1)NC(=O)[C@H]1CCC[C@@H]1C(=O)O. The van der Waals surface area contributed by atoms with Crippen molar-refractivity contribution >= 4 is 52.4 Å². The molecule has 5 rings (SSSR count). The molecule has 1 aliphatic rings. The molecule has 0 saturated heterocycles. The van der Waals surface area contributed by atoms with Gasteiger partial charge in [0.25, 0.3) is 0 Å². The number of hydrogen-bond acceptors (Lipinski definition) is 8. The number of aromatic amines is 1. The van der Waals surface area contributed by atoms with Gasteiger partial charge >= 0.3 is 11.9 Å². The van der Waals surface area contributed by atoms with Crippen LogP contribution in [0.25, 0.3) is 10.9 Å². The number of nitrogens with one attached hydrogen (secondary N) is 6. The number of aliphatic carboxylic acids is 2. The highest BCUT2D eigenvalue weighted by Crippen LogP contribution is 2.32. The Bertz CT molecular complexity index is 2100. The summed E-state index contributed by atoms with van der Waals surface area (Å²) in [6.45, 7) is 0. The van der Waals surface area contributed by atoms with Crippen molar-refractivity contribution in [2.24, 2.45) is 11.8 Å². The standard InChI is InChI=1S/C42H48N6O10/c1-43-38(53)35(22-26-23-44-31-13-6-5-10-28(26)31)48-39(54)32(18-19-36(50)51)45-40(55)34(20-24-8-3-2-4-9-24)47-41(56)33(21-25-14-16-27(49)17-15-25)46-37(52)29-11-7-12-30(29)42(57)58/h2-6,8-10,13-17,23,29-30,32-35,44,49H,7,11-12,18-22H2,1H3,(H,43,53)(H,45,55)(H,46,52)(H,47,56)(H,48,54)(H,50,51)(H,57,58)/t29-,30-,32-,33-,34-,35-/m0/s1. The molecule has 9 N–H and O–H groups in total. The van der Waals surface area contributed by atoms with Gasteiger partial charge in [-0.1, -0.05) is 67.1 Å². The van der Waals surface area contributed by atoms with Crippen LogP contribution in [0, 0.1) is 11.8 Å². The van der Waals surface area contributed by atoms with Gasteiger partial charge in [0.2, 0.25) is 29.5 Å². The van der Waals surface area contributed by atoms with E-state index < -0.39 is 83.9 Å². The lowest BCUT2D eigenvalue weighted by Gasteiger charge is -2.27. The molecule has 1 aromatic heterocycles. The summed E-state index contributed by atoms with van der Waals surface area (Å²) in [6.07, 6.45) is 1.93. The third-order valence-corrected chi connectivity index (χ3v) is 10.4. The number of carbonyl (C=O) groups excluding carboxylic acids is 5. The molecule has 306 valence electrons. The van der Waals surface area contributed by atoms with E-state index in [2.05, 4.69) is 31.6 Å². The highest BCUT2D eigenvalue weighted by Gasteiger charge is 2.39. The molecule has 0 bridgehead atoms. The number of aromatic hydroxyl groups is 1. The number of phenolic OH excluding ortho intramolecular Hbond substituents is 1. The fourth-order valence-corrected chi connectivity index (χ4v) is 7.24. The van der Waals surface area contributed by atoms with Crippen LogP contribution in [0.5, 0.6) is 5.75 Å². The summed E-state index contributed by atoms with van der Waals surface area (Å²) in [5, 5.41) is 43.1. The minimum Gasteiger partial charge on any atom is -0.508 e. The maximum atomic E-state index is 14.2. The molecule has 4 aromatic rings. The van der Waals surface area contributed by atoms with Gasteiger partial charge in [-0.15, -0.1) is 0 Å². The van der Waals surface area contributed by atoms with Crippen molar-refractivity contribution in [3.63, 3.8) is 0 Å². The second kappa shape index (κ2) is 19.9. The smallest absolute Gasteiger partial charge is 0.307 e. The van der Waals surface area contributed by atoms with Crippen LogP contribution >= 0.6 is 0 Å². The predicted molar refractivity (Wildman–Crippen MR) is 211 cm³/mol. The molecule has 0 unspecified atom stereocenters. The van der Waals surface area contributed by atoms with E-state index in [9.17, 15) is 48.9 Å². The number of fused-ring (bicyclic) bond motifs is 1. The van der Waals surface area contributed by atoms with Gasteiger partial charge in [0, 0.05) is 49.8 Å². The molecule has 16 heteroatoms. The predicted octanol–water partition coefficient (Wildman–Crippen LogP) is 1.95. The zero-order valence-corrected chi connectivity index (χ0v) is 31.9. The van der Waals surface area contributed by atoms with Crippen molar-refractivity contribution in [1.29, 1.82) is 0 Å². The molecule has 5 amide bonds. The third-order valence-electron chi connectivity index (χ3n) is 10.4. The van der Waals surface area contributed by atoms with Gasteiger partial charge in [-0.05, 0) is 54.2 Å². The number of amides is 5. The Balaban J connectivity index is 1.39. The number of phenols is 1. The van der Waals surface area contributed by atoms with Crippen molar-refractivity contribution in [3.8, 4) is 5.75 Å². The van der Waals surface area contributed by atoms with Crippen molar-refractivity contribution in [2.45, 2.75) is 75.5 Å². The highest BCUT2D eigenvalue weighted by atomic mass is 16.4. The largest absolute Gasteiger partial charge is 0.508 e. The van der Waals surface area contributed by atoms with Crippen LogP contribution in [-0.2, 0) is 52.8 Å². The van der Waals surface area contributed by atoms with Gasteiger partial charge in [-0.25, -0.2) is 0 Å². The topological polar surface area (TPSA) is 256 Å². The first kappa shape index (κ1) is 42.4. The van der Waals surface area contributed by atoms with Crippen LogP contribution in [0.3, 0.4) is 0 Å². The number of carbonyl (C=O) groups is 7. The van der Waals surface area contributed by atoms with E-state index in [0.717, 1.165) is 16.5 Å². The van der Waals surface area contributed by atoms with Gasteiger partial charge in [0.15, 0.2) is 0 Å². The molecule has 6 atom stereocenters. The molecule has 1 heterocycles. The zero-order valence-electron chi connectivity index (χ0n) is 31.9. The lowest BCUT2D eigenvalue weighted by Crippen LogP contribution is -2.59. The molecule has 0 spiro atoms. The van der Waals surface area contributed by atoms with Gasteiger partial charge in [-0.3, -0.25) is 33.6 Å². The van der Waals surface area contributed by atoms with Gasteiger partial charge in [0.05, 0.1) is 11.8 Å². The Kier molecular flexibility index (Phi) is 14.6. The second-order valence-electron chi connectivity index (χ2n) is 14.4. The summed E-state index contributed by atoms with van der Waals surface area (Å²) >= 11 is 0. The van der Waals surface area contributed by atoms with Gasteiger partial charge in [0.1, 0.15) is 29.9 Å². The fraction of sp³-hybridized carbons (Fsp3) is 0.357. The Labute approximate surface area is 334 Å². The van der Waals surface area contributed by atoms with E-state index in [4.69, 9.17) is 0 Å². The minimum atomic E-state index is -1.45. The minimum absolute atomic E-state index is 0.0234. The molecule has 16 nitrogen and oxygen atoms in total. The number of aromatic nitrogens is 1. The van der Waals surface area contributed by atoms with Crippen LogP contribution < -0.4 is 26.6 Å². The average molecular weight is 797 g/mol. The monoisotopic (exact) mass is 796 g/mol. The molecule has 1 saturated carbocycles. The molecule has 58 heavy (non-hydrogen) atoms. The van der Waals surface area contributed by atoms with Crippen LogP contribution in [0.15, 0.2) is 85.1 Å². The van der Waals surface area contributed by atoms with Crippen LogP contribution in [0.1, 0.15) is 48.8 Å². The van der Waals surface area contributed by atoms with Crippen LogP contribution in [0.2, 0.25) is 0 Å². The Morgan fingerprint density at radius 1 is 0.655 bits per heavy atom. The number of benzene rings is 3. The normalized spacial score (nSPS) is 16.9. The van der Waals surface area contributed by atoms with E-state index in [1.165, 1.54) is 19.2 Å². The molecule has 0 aliphatic heterocycles. The summed E-state index contributed by atoms with van der Waals surface area (Å²) < 4.78 is 0. The number of H-pyrrole nitrogens is 1. The molecule has 3 aromatic carbocycles. The van der Waals surface area contributed by atoms with E-state index >= 15 is 0 Å². The van der Waals surface area contributed by atoms with Crippen LogP contribution in [0.4, 0.5) is 0 Å². The van der Waals surface area contributed by atoms with Crippen molar-refractivity contribution < 1.29 is 48.9 Å². The lowest BCUT2D eigenvalue weighted by molar-refractivity contribution is -0.146. The number of carboxylic acids is 2. The average Bonchev–Trinajstić information content (AvgIpc) is 3.88. The number of likely N-dealkylation sites (N-methyl/N-ethyl adjacent to an activating group) is 1. The summed E-state index contributed by atoms with van der Waals surface area (Å²) in [7, 11) is 1.41. The fourth-order valence-electron chi connectivity index (χ4n) is 7.24. The molecule has 0 radical (unpaired) electrons. The summed E-state index contributed by atoms with van der Waals surface area (Å²) in [5.41, 5.74) is 2.74. The summed E-state index contributed by atoms with van der Waals surface area (Å²) in [4.78, 5) is 95.4. The molecular weight excluding hydrogens is 748 g/mol. The third kappa shape index (κ3) is 11.4. The van der Waals surface area contributed by atoms with E-state index in [1.807, 2.05) is 24.3 Å². The van der Waals surface area contributed by atoms with E-state index in [0.29, 0.717) is 30.4 Å². The quantitative estimate of drug-likeness (QED) is 0.0667. The van der Waals surface area contributed by atoms with Crippen LogP contribution in [-0.4, -0.2) is 93.0 Å². The first-order valence-electron chi connectivity index (χ1n) is 19.1. The Hall–Kier alpha value is -6.71. The molecule has 1 aliphatic carbocycles. The first-order chi connectivity index (χ1) is 27.8. The zero-order chi connectivity index (χ0) is 41.8. The Morgan fingerprint density at radius 3 is 1.84 bits per heavy atom. The second-order valence-corrected chi connectivity index (χ2v) is 14.4. The van der Waals surface area contributed by atoms with Crippen molar-refractivity contribution in [3.05, 3.63) is 102 Å². The molecular formula is C42H48N6O10. The summed E-state index contributed by atoms with van der Waals surface area (Å²) in [6, 6.07) is 16.8. The van der Waals surface area contributed by atoms with Gasteiger partial charge in [-0.2, -0.15) is 0 Å². The van der Waals surface area contributed by atoms with E-state index in [1.54, 1.807) is 48.7 Å². The number of carboxylic acid groups (broad SMARTS) is 2. The van der Waals surface area contributed by atoms with E-state index in [-0.39, 0.29) is 31.4 Å². The number of hydrogen-bond donors (Lipinski definition) is 9. The lowest BCUT2D eigenvalue weighted by atomic mass is 9.94. The maximum Gasteiger partial charge on any atom is 0.307 e. The summed E-state index contributed by atoms with van der Waals surface area (Å²) in [5.74, 6) is -7.77. The highest BCUT2D eigenvalue weighted by molar-refractivity contribution is 5.96. The van der Waals surface area contributed by atoms with Gasteiger partial charge < -0.3 is 46.9 Å². The Morgan fingerprint density at radius 2 is 1.21 bits per heavy atom. The van der Waals surface area contributed by atoms with Crippen molar-refractivity contribution in [1.82, 2.24) is 31.6 Å². The molecule has 1 fully saturated rings. The van der Waals surface area contributed by atoms with Crippen molar-refractivity contribution in [2.75, 3.05) is 7.05 Å². The first-order valence-corrected chi connectivity index (χ1v) is 19.1.